The summed E-state index contributed by atoms with van der Waals surface area (Å²) < 4.78 is 5.37. The molecule has 1 aromatic heterocycles. The van der Waals surface area contributed by atoms with Crippen molar-refractivity contribution in [1.82, 2.24) is 4.98 Å². The molecule has 5 nitrogen and oxygen atoms in total. The second-order valence-electron chi connectivity index (χ2n) is 7.28. The fourth-order valence-electron chi connectivity index (χ4n) is 2.81. The molecule has 0 aliphatic carbocycles. The summed E-state index contributed by atoms with van der Waals surface area (Å²) in [6.07, 6.45) is 1.68. The van der Waals surface area contributed by atoms with E-state index >= 15 is 0 Å². The summed E-state index contributed by atoms with van der Waals surface area (Å²) in [6, 6.07) is 11.7. The van der Waals surface area contributed by atoms with Gasteiger partial charge < -0.3 is 15.0 Å². The van der Waals surface area contributed by atoms with E-state index in [1.165, 1.54) is 5.56 Å². The molecule has 0 bridgehead atoms. The number of nitrogens with zero attached hydrogens (tertiary/aromatic N) is 2. The van der Waals surface area contributed by atoms with Crippen LogP contribution >= 0.6 is 0 Å². The van der Waals surface area contributed by atoms with Crippen molar-refractivity contribution >= 4 is 17.3 Å². The smallest absolute Gasteiger partial charge is 0.274 e. The van der Waals surface area contributed by atoms with Crippen molar-refractivity contribution in [2.24, 2.45) is 0 Å². The molecule has 0 atom stereocenters. The molecule has 1 amide bonds. The first-order chi connectivity index (χ1) is 11.9. The summed E-state index contributed by atoms with van der Waals surface area (Å²) >= 11 is 0. The Morgan fingerprint density at radius 1 is 1.12 bits per heavy atom. The van der Waals surface area contributed by atoms with Crippen LogP contribution in [-0.2, 0) is 10.2 Å². The molecule has 2 aromatic rings. The molecule has 1 aliphatic rings. The topological polar surface area (TPSA) is 54.5 Å². The van der Waals surface area contributed by atoms with Crippen LogP contribution in [0.5, 0.6) is 0 Å². The summed E-state index contributed by atoms with van der Waals surface area (Å²) in [7, 11) is 0. The summed E-state index contributed by atoms with van der Waals surface area (Å²) in [6.45, 7) is 9.59. The van der Waals surface area contributed by atoms with E-state index < -0.39 is 0 Å². The molecule has 1 N–H and O–H groups in total. The van der Waals surface area contributed by atoms with Crippen molar-refractivity contribution in [1.29, 1.82) is 0 Å². The molecule has 0 radical (unpaired) electrons. The Bertz CT molecular complexity index is 729. The van der Waals surface area contributed by atoms with Crippen LogP contribution in [0.15, 0.2) is 42.6 Å². The largest absolute Gasteiger partial charge is 0.378 e. The maximum absolute atomic E-state index is 12.5. The van der Waals surface area contributed by atoms with Crippen molar-refractivity contribution in [3.8, 4) is 0 Å². The summed E-state index contributed by atoms with van der Waals surface area (Å²) in [5.74, 6) is -0.196. The average Bonchev–Trinajstić information content (AvgIpc) is 2.62. The van der Waals surface area contributed by atoms with E-state index in [0.717, 1.165) is 24.5 Å². The number of hydrogen-bond donors (Lipinski definition) is 1. The Kier molecular flexibility index (Phi) is 5.04. The standard InChI is InChI=1S/C20H25N3O2/c1-20(2,3)15-4-6-16(7-5-15)22-19(24)18-14-17(8-9-21-18)23-10-12-25-13-11-23/h4-9,14H,10-13H2,1-3H3,(H,22,24). The lowest BCUT2D eigenvalue weighted by Crippen LogP contribution is -2.36. The number of nitrogens with one attached hydrogen (secondary N) is 1. The van der Waals surface area contributed by atoms with Gasteiger partial charge in [0.1, 0.15) is 5.69 Å². The number of morpholine rings is 1. The first-order valence-electron chi connectivity index (χ1n) is 8.64. The molecule has 0 saturated carbocycles. The van der Waals surface area contributed by atoms with Crippen LogP contribution in [0.4, 0.5) is 11.4 Å². The lowest BCUT2D eigenvalue weighted by atomic mass is 9.87. The van der Waals surface area contributed by atoms with E-state index in [2.05, 4.69) is 36.0 Å². The zero-order valence-electron chi connectivity index (χ0n) is 15.1. The van der Waals surface area contributed by atoms with Crippen LogP contribution in [0.25, 0.3) is 0 Å². The predicted molar refractivity (Wildman–Crippen MR) is 100 cm³/mol. The number of aromatic nitrogens is 1. The molecule has 3 rings (SSSR count). The van der Waals surface area contributed by atoms with Crippen molar-refractivity contribution < 1.29 is 9.53 Å². The number of carbonyl (C=O) groups is 1. The van der Waals surface area contributed by atoms with Crippen LogP contribution in [0.3, 0.4) is 0 Å². The monoisotopic (exact) mass is 339 g/mol. The van der Waals surface area contributed by atoms with E-state index in [-0.39, 0.29) is 11.3 Å². The van der Waals surface area contributed by atoms with Gasteiger partial charge in [0.2, 0.25) is 0 Å². The summed E-state index contributed by atoms with van der Waals surface area (Å²) in [4.78, 5) is 18.9. The van der Waals surface area contributed by atoms with Crippen molar-refractivity contribution in [2.75, 3.05) is 36.5 Å². The quantitative estimate of drug-likeness (QED) is 0.930. The minimum absolute atomic E-state index is 0.0938. The van der Waals surface area contributed by atoms with Crippen molar-refractivity contribution in [3.05, 3.63) is 53.9 Å². The van der Waals surface area contributed by atoms with Gasteiger partial charge in [-0.05, 0) is 35.2 Å². The zero-order valence-corrected chi connectivity index (χ0v) is 15.1. The second-order valence-corrected chi connectivity index (χ2v) is 7.28. The Balaban J connectivity index is 1.70. The Hall–Kier alpha value is -2.40. The first-order valence-corrected chi connectivity index (χ1v) is 8.64. The minimum atomic E-state index is -0.196. The fraction of sp³-hybridized carbons (Fsp3) is 0.400. The van der Waals surface area contributed by atoms with Gasteiger partial charge in [-0.3, -0.25) is 9.78 Å². The van der Waals surface area contributed by atoms with Gasteiger partial charge >= 0.3 is 0 Å². The summed E-state index contributed by atoms with van der Waals surface area (Å²) in [5.41, 5.74) is 3.53. The van der Waals surface area contributed by atoms with Crippen LogP contribution in [0.2, 0.25) is 0 Å². The minimum Gasteiger partial charge on any atom is -0.378 e. The van der Waals surface area contributed by atoms with Gasteiger partial charge in [0, 0.05) is 30.7 Å². The van der Waals surface area contributed by atoms with Crippen molar-refractivity contribution in [2.45, 2.75) is 26.2 Å². The summed E-state index contributed by atoms with van der Waals surface area (Å²) in [5, 5.41) is 2.92. The highest BCUT2D eigenvalue weighted by Crippen LogP contribution is 2.24. The molecule has 1 aromatic carbocycles. The average molecular weight is 339 g/mol. The Morgan fingerprint density at radius 2 is 1.80 bits per heavy atom. The lowest BCUT2D eigenvalue weighted by Gasteiger charge is -2.28. The van der Waals surface area contributed by atoms with Gasteiger partial charge in [-0.25, -0.2) is 0 Å². The molecule has 132 valence electrons. The molecule has 5 heteroatoms. The third kappa shape index (κ3) is 4.37. The van der Waals surface area contributed by atoms with Crippen LogP contribution in [-0.4, -0.2) is 37.2 Å². The van der Waals surface area contributed by atoms with E-state index in [9.17, 15) is 4.79 Å². The maximum atomic E-state index is 12.5. The highest BCUT2D eigenvalue weighted by Gasteiger charge is 2.16. The maximum Gasteiger partial charge on any atom is 0.274 e. The highest BCUT2D eigenvalue weighted by molar-refractivity contribution is 6.03. The second kappa shape index (κ2) is 7.23. The Labute approximate surface area is 149 Å². The molecule has 0 spiro atoms. The lowest BCUT2D eigenvalue weighted by molar-refractivity contribution is 0.102. The Morgan fingerprint density at radius 3 is 2.44 bits per heavy atom. The third-order valence-electron chi connectivity index (χ3n) is 4.36. The molecule has 0 unspecified atom stereocenters. The number of pyridine rings is 1. The van der Waals surface area contributed by atoms with Gasteiger partial charge in [-0.15, -0.1) is 0 Å². The van der Waals surface area contributed by atoms with Crippen molar-refractivity contribution in [3.63, 3.8) is 0 Å². The van der Waals surface area contributed by atoms with Crippen LogP contribution in [0, 0.1) is 0 Å². The van der Waals surface area contributed by atoms with Gasteiger partial charge in [-0.1, -0.05) is 32.9 Å². The number of hydrogen-bond acceptors (Lipinski definition) is 4. The molecular weight excluding hydrogens is 314 g/mol. The van der Waals surface area contributed by atoms with Crippen LogP contribution < -0.4 is 10.2 Å². The normalized spacial score (nSPS) is 15.1. The molecule has 2 heterocycles. The number of ether oxygens (including phenoxy) is 1. The number of rotatable bonds is 3. The fourth-order valence-corrected chi connectivity index (χ4v) is 2.81. The van der Waals surface area contributed by atoms with Gasteiger partial charge in [0.25, 0.3) is 5.91 Å². The number of carbonyl (C=O) groups excluding carboxylic acids is 1. The molecule has 25 heavy (non-hydrogen) atoms. The number of benzene rings is 1. The highest BCUT2D eigenvalue weighted by atomic mass is 16.5. The predicted octanol–water partition coefficient (Wildman–Crippen LogP) is 3.47. The zero-order chi connectivity index (χ0) is 17.9. The molecule has 1 saturated heterocycles. The number of amides is 1. The van der Waals surface area contributed by atoms with Gasteiger partial charge in [0.05, 0.1) is 13.2 Å². The molecular formula is C20H25N3O2. The SMILES string of the molecule is CC(C)(C)c1ccc(NC(=O)c2cc(N3CCOCC3)ccn2)cc1. The first kappa shape index (κ1) is 17.4. The molecule has 1 aliphatic heterocycles. The third-order valence-corrected chi connectivity index (χ3v) is 4.36. The van der Waals surface area contributed by atoms with E-state index in [4.69, 9.17) is 4.74 Å². The van der Waals surface area contributed by atoms with E-state index in [1.807, 2.05) is 36.4 Å². The van der Waals surface area contributed by atoms with Gasteiger partial charge in [0.15, 0.2) is 0 Å². The van der Waals surface area contributed by atoms with E-state index in [1.54, 1.807) is 6.20 Å². The van der Waals surface area contributed by atoms with Crippen LogP contribution in [0.1, 0.15) is 36.8 Å². The van der Waals surface area contributed by atoms with E-state index in [0.29, 0.717) is 18.9 Å². The van der Waals surface area contributed by atoms with Gasteiger partial charge in [-0.2, -0.15) is 0 Å². The molecule has 1 fully saturated rings. The number of anilines is 2.